The number of aliphatic hydroxyl groups is 1. The highest BCUT2D eigenvalue weighted by Crippen LogP contribution is 2.34. The predicted molar refractivity (Wildman–Crippen MR) is 134 cm³/mol. The Morgan fingerprint density at radius 1 is 1.00 bits per heavy atom. The van der Waals surface area contributed by atoms with Crippen molar-refractivity contribution in [3.05, 3.63) is 70.9 Å². The molecule has 188 valence electrons. The second-order valence-electron chi connectivity index (χ2n) is 8.94. The van der Waals surface area contributed by atoms with E-state index in [0.717, 1.165) is 36.4 Å². The quantitative estimate of drug-likeness (QED) is 0.354. The zero-order chi connectivity index (χ0) is 25.1. The van der Waals surface area contributed by atoms with Crippen LogP contribution in [0.5, 0.6) is 11.5 Å². The van der Waals surface area contributed by atoms with E-state index in [1.807, 2.05) is 0 Å². The molecule has 2 N–H and O–H groups in total. The molecule has 3 aromatic rings. The average molecular weight is 511 g/mol. The second-order valence-corrected chi connectivity index (χ2v) is 10.0. The molecule has 5 rings (SSSR count). The normalized spacial score (nSPS) is 16.9. The number of halogens is 1. The van der Waals surface area contributed by atoms with Crippen LogP contribution >= 0.6 is 11.3 Å². The maximum Gasteiger partial charge on any atom is 0.293 e. The van der Waals surface area contributed by atoms with Crippen molar-refractivity contribution in [1.29, 1.82) is 0 Å². The number of amides is 1. The minimum Gasteiger partial charge on any atom is -0.486 e. The van der Waals surface area contributed by atoms with Gasteiger partial charge >= 0.3 is 0 Å². The maximum atomic E-state index is 13.2. The van der Waals surface area contributed by atoms with E-state index < -0.39 is 23.8 Å². The first-order valence-corrected chi connectivity index (χ1v) is 12.8. The predicted octanol–water partition coefficient (Wildman–Crippen LogP) is 3.82. The van der Waals surface area contributed by atoms with E-state index >= 15 is 0 Å². The van der Waals surface area contributed by atoms with Crippen molar-refractivity contribution >= 4 is 23.0 Å². The summed E-state index contributed by atoms with van der Waals surface area (Å²) in [7, 11) is 0. The summed E-state index contributed by atoms with van der Waals surface area (Å²) in [6.07, 6.45) is 1.07. The largest absolute Gasteiger partial charge is 0.486 e. The number of thiophene rings is 1. The molecule has 2 aliphatic rings. The minimum absolute atomic E-state index is 0.278. The monoisotopic (exact) mass is 510 g/mol. The fourth-order valence-electron chi connectivity index (χ4n) is 4.52. The Kier molecular flexibility index (Phi) is 7.31. The van der Waals surface area contributed by atoms with E-state index in [1.165, 1.54) is 23.5 Å². The van der Waals surface area contributed by atoms with Gasteiger partial charge in [-0.1, -0.05) is 18.2 Å². The Morgan fingerprint density at radius 3 is 2.47 bits per heavy atom. The van der Waals surface area contributed by atoms with Crippen molar-refractivity contribution in [2.45, 2.75) is 25.0 Å². The standard InChI is InChI=1S/C27H27FN2O5S/c28-19-6-3-17(4-7-19)23-9-10-24(36-23)26(32)27(33)29-20(16-30-11-1-2-12-30)25(31)18-5-8-21-22(15-18)35-14-13-34-21/h3-10,15,20,25,31H,1-2,11-14,16H2,(H,29,33)/t20-,25-/m1/s1. The third-order valence-corrected chi connectivity index (χ3v) is 7.56. The van der Waals surface area contributed by atoms with Gasteiger partial charge in [0.2, 0.25) is 0 Å². The lowest BCUT2D eigenvalue weighted by Crippen LogP contribution is -2.48. The van der Waals surface area contributed by atoms with Gasteiger partial charge < -0.3 is 24.8 Å². The Labute approximate surface area is 212 Å². The second kappa shape index (κ2) is 10.8. The van der Waals surface area contributed by atoms with Crippen LogP contribution in [-0.4, -0.2) is 60.6 Å². The molecule has 3 heterocycles. The first-order valence-electron chi connectivity index (χ1n) is 12.0. The smallest absolute Gasteiger partial charge is 0.293 e. The Hall–Kier alpha value is -3.27. The molecule has 2 aromatic carbocycles. The summed E-state index contributed by atoms with van der Waals surface area (Å²) in [6, 6.07) is 13.8. The first-order chi connectivity index (χ1) is 17.5. The number of hydrogen-bond donors (Lipinski definition) is 2. The number of carbonyl (C=O) groups is 2. The van der Waals surface area contributed by atoms with Gasteiger partial charge in [-0.2, -0.15) is 0 Å². The molecule has 1 saturated heterocycles. The van der Waals surface area contributed by atoms with Crippen LogP contribution < -0.4 is 14.8 Å². The summed E-state index contributed by atoms with van der Waals surface area (Å²) < 4.78 is 24.4. The fraction of sp³-hybridized carbons (Fsp3) is 0.333. The van der Waals surface area contributed by atoms with Crippen molar-refractivity contribution in [3.63, 3.8) is 0 Å². The molecule has 7 nitrogen and oxygen atoms in total. The number of carbonyl (C=O) groups excluding carboxylic acids is 2. The third-order valence-electron chi connectivity index (χ3n) is 6.42. The van der Waals surface area contributed by atoms with Crippen LogP contribution in [0.25, 0.3) is 10.4 Å². The number of likely N-dealkylation sites (tertiary alicyclic amines) is 1. The molecule has 36 heavy (non-hydrogen) atoms. The SMILES string of the molecule is O=C(N[C@H](CN1CCCC1)[C@H](O)c1ccc2c(c1)OCCO2)C(=O)c1ccc(-c2ccc(F)cc2)s1. The summed E-state index contributed by atoms with van der Waals surface area (Å²) in [5, 5.41) is 14.0. The van der Waals surface area contributed by atoms with Crippen LogP contribution in [0.3, 0.4) is 0 Å². The first kappa shape index (κ1) is 24.4. The number of hydrogen-bond acceptors (Lipinski definition) is 7. The van der Waals surface area contributed by atoms with E-state index in [2.05, 4.69) is 10.2 Å². The summed E-state index contributed by atoms with van der Waals surface area (Å²) in [6.45, 7) is 3.06. The molecule has 0 unspecified atom stereocenters. The minimum atomic E-state index is -1.05. The highest BCUT2D eigenvalue weighted by molar-refractivity contribution is 7.18. The molecule has 1 amide bonds. The number of aliphatic hydroxyl groups excluding tert-OH is 1. The number of nitrogens with one attached hydrogen (secondary N) is 1. The Bertz CT molecular complexity index is 1240. The molecular formula is C27H27FN2O5S. The van der Waals surface area contributed by atoms with Gasteiger partial charge in [0.1, 0.15) is 25.1 Å². The van der Waals surface area contributed by atoms with Crippen molar-refractivity contribution in [2.24, 2.45) is 0 Å². The van der Waals surface area contributed by atoms with Crippen molar-refractivity contribution < 1.29 is 28.6 Å². The van der Waals surface area contributed by atoms with Gasteiger partial charge in [0, 0.05) is 11.4 Å². The van der Waals surface area contributed by atoms with E-state index in [9.17, 15) is 19.1 Å². The van der Waals surface area contributed by atoms with E-state index in [4.69, 9.17) is 9.47 Å². The van der Waals surface area contributed by atoms with E-state index in [1.54, 1.807) is 42.5 Å². The molecule has 9 heteroatoms. The topological polar surface area (TPSA) is 88.1 Å². The number of ketones is 1. The van der Waals surface area contributed by atoms with Gasteiger partial charge in [-0.05, 0) is 73.5 Å². The zero-order valence-corrected chi connectivity index (χ0v) is 20.4. The summed E-state index contributed by atoms with van der Waals surface area (Å²) >= 11 is 1.17. The van der Waals surface area contributed by atoms with E-state index in [0.29, 0.717) is 36.8 Å². The number of nitrogens with zero attached hydrogens (tertiary/aromatic N) is 1. The molecule has 0 aliphatic carbocycles. The highest BCUT2D eigenvalue weighted by Gasteiger charge is 2.30. The van der Waals surface area contributed by atoms with Crippen LogP contribution in [-0.2, 0) is 4.79 Å². The van der Waals surface area contributed by atoms with Crippen LogP contribution in [0.15, 0.2) is 54.6 Å². The Balaban J connectivity index is 1.32. The van der Waals surface area contributed by atoms with Gasteiger partial charge in [-0.15, -0.1) is 11.3 Å². The van der Waals surface area contributed by atoms with Crippen molar-refractivity contribution in [1.82, 2.24) is 10.2 Å². The van der Waals surface area contributed by atoms with Gasteiger partial charge in [0.15, 0.2) is 11.5 Å². The molecule has 0 bridgehead atoms. The molecule has 0 spiro atoms. The molecule has 2 aliphatic heterocycles. The van der Waals surface area contributed by atoms with Crippen LogP contribution in [0, 0.1) is 5.82 Å². The average Bonchev–Trinajstić information content (AvgIpc) is 3.60. The third kappa shape index (κ3) is 5.43. The van der Waals surface area contributed by atoms with Gasteiger partial charge in [0.25, 0.3) is 11.7 Å². The summed E-state index contributed by atoms with van der Waals surface area (Å²) in [4.78, 5) is 29.2. The lowest BCUT2D eigenvalue weighted by atomic mass is 10.0. The number of fused-ring (bicyclic) bond motifs is 1. The van der Waals surface area contributed by atoms with Crippen LogP contribution in [0.4, 0.5) is 4.39 Å². The lowest BCUT2D eigenvalue weighted by Gasteiger charge is -2.29. The number of benzene rings is 2. The highest BCUT2D eigenvalue weighted by atomic mass is 32.1. The van der Waals surface area contributed by atoms with Crippen molar-refractivity contribution in [2.75, 3.05) is 32.8 Å². The summed E-state index contributed by atoms with van der Waals surface area (Å²) in [5.41, 5.74) is 1.34. The molecule has 0 saturated carbocycles. The maximum absolute atomic E-state index is 13.2. The molecule has 2 atom stereocenters. The number of rotatable bonds is 8. The Morgan fingerprint density at radius 2 is 1.72 bits per heavy atom. The molecule has 1 fully saturated rings. The van der Waals surface area contributed by atoms with Crippen LogP contribution in [0.2, 0.25) is 0 Å². The molecular weight excluding hydrogens is 483 g/mol. The van der Waals surface area contributed by atoms with Crippen LogP contribution in [0.1, 0.15) is 34.2 Å². The molecule has 1 aromatic heterocycles. The van der Waals surface area contributed by atoms with Gasteiger partial charge in [-0.25, -0.2) is 4.39 Å². The fourth-order valence-corrected chi connectivity index (χ4v) is 5.47. The van der Waals surface area contributed by atoms with Crippen molar-refractivity contribution in [3.8, 4) is 21.9 Å². The van der Waals surface area contributed by atoms with E-state index in [-0.39, 0.29) is 10.7 Å². The number of ether oxygens (including phenoxy) is 2. The van der Waals surface area contributed by atoms with Gasteiger partial charge in [0.05, 0.1) is 10.9 Å². The number of Topliss-reactive ketones (excluding diaryl/α,β-unsaturated/α-hetero) is 1. The van der Waals surface area contributed by atoms with Gasteiger partial charge in [-0.3, -0.25) is 9.59 Å². The molecule has 0 radical (unpaired) electrons. The zero-order valence-electron chi connectivity index (χ0n) is 19.6. The lowest BCUT2D eigenvalue weighted by molar-refractivity contribution is -0.118. The summed E-state index contributed by atoms with van der Waals surface area (Å²) in [5.74, 6) is -0.627.